The lowest BCUT2D eigenvalue weighted by atomic mass is 10.1. The summed E-state index contributed by atoms with van der Waals surface area (Å²) in [6.45, 7) is 5.90. The van der Waals surface area contributed by atoms with E-state index >= 15 is 0 Å². The molecule has 1 N–H and O–H groups in total. The highest BCUT2D eigenvalue weighted by atomic mass is 16.2. The first-order chi connectivity index (χ1) is 9.97. The molecule has 110 valence electrons. The molecule has 2 rings (SSSR count). The van der Waals surface area contributed by atoms with Gasteiger partial charge in [0.1, 0.15) is 6.04 Å². The molecule has 0 fully saturated rings. The van der Waals surface area contributed by atoms with Crippen molar-refractivity contribution in [2.75, 3.05) is 0 Å². The van der Waals surface area contributed by atoms with Gasteiger partial charge in [0.05, 0.1) is 5.69 Å². The third-order valence-electron chi connectivity index (χ3n) is 3.29. The van der Waals surface area contributed by atoms with Crippen molar-refractivity contribution in [2.45, 2.75) is 33.4 Å². The smallest absolute Gasteiger partial charge is 0.267 e. The molecule has 1 aromatic heterocycles. The molecule has 0 saturated heterocycles. The van der Waals surface area contributed by atoms with Crippen LogP contribution in [0.5, 0.6) is 0 Å². The van der Waals surface area contributed by atoms with Gasteiger partial charge in [-0.3, -0.25) is 9.59 Å². The Morgan fingerprint density at radius 3 is 2.52 bits per heavy atom. The number of carbonyl (C=O) groups is 1. The zero-order valence-electron chi connectivity index (χ0n) is 12.5. The summed E-state index contributed by atoms with van der Waals surface area (Å²) in [6.07, 6.45) is 0. The van der Waals surface area contributed by atoms with Gasteiger partial charge in [-0.1, -0.05) is 29.8 Å². The predicted octanol–water partition coefficient (Wildman–Crippen LogP) is 1.74. The second-order valence-electron chi connectivity index (χ2n) is 5.14. The molecule has 0 aliphatic rings. The van der Waals surface area contributed by atoms with E-state index in [1.165, 1.54) is 16.3 Å². The van der Waals surface area contributed by atoms with Crippen molar-refractivity contribution in [1.82, 2.24) is 15.1 Å². The molecule has 0 saturated carbocycles. The SMILES string of the molecule is Cc1ccc(CNC(=O)C(C)n2nc(C)ccc2=O)cc1. The van der Waals surface area contributed by atoms with E-state index in [1.54, 1.807) is 19.9 Å². The third kappa shape index (κ3) is 3.78. The van der Waals surface area contributed by atoms with Gasteiger partial charge < -0.3 is 5.32 Å². The van der Waals surface area contributed by atoms with Crippen molar-refractivity contribution < 1.29 is 4.79 Å². The zero-order chi connectivity index (χ0) is 15.4. The Kier molecular flexibility index (Phi) is 4.52. The summed E-state index contributed by atoms with van der Waals surface area (Å²) in [7, 11) is 0. The number of nitrogens with zero attached hydrogens (tertiary/aromatic N) is 2. The summed E-state index contributed by atoms with van der Waals surface area (Å²) in [5.41, 5.74) is 2.62. The average Bonchev–Trinajstić information content (AvgIpc) is 2.48. The topological polar surface area (TPSA) is 64.0 Å². The number of hydrogen-bond donors (Lipinski definition) is 1. The molecule has 0 spiro atoms. The average molecular weight is 285 g/mol. The minimum atomic E-state index is -0.636. The monoisotopic (exact) mass is 285 g/mol. The summed E-state index contributed by atoms with van der Waals surface area (Å²) in [5.74, 6) is -0.226. The summed E-state index contributed by atoms with van der Waals surface area (Å²) < 4.78 is 1.21. The van der Waals surface area contributed by atoms with Gasteiger partial charge in [0.25, 0.3) is 5.56 Å². The van der Waals surface area contributed by atoms with Crippen molar-refractivity contribution in [3.63, 3.8) is 0 Å². The number of rotatable bonds is 4. The first-order valence-electron chi connectivity index (χ1n) is 6.87. The maximum atomic E-state index is 12.1. The highest BCUT2D eigenvalue weighted by molar-refractivity contribution is 5.79. The molecular weight excluding hydrogens is 266 g/mol. The Balaban J connectivity index is 2.04. The Labute approximate surface area is 123 Å². The maximum Gasteiger partial charge on any atom is 0.267 e. The second-order valence-corrected chi connectivity index (χ2v) is 5.14. The number of aryl methyl sites for hydroxylation is 2. The lowest BCUT2D eigenvalue weighted by Gasteiger charge is -2.14. The molecule has 5 nitrogen and oxygen atoms in total. The van der Waals surface area contributed by atoms with Gasteiger partial charge in [0.2, 0.25) is 5.91 Å². The van der Waals surface area contributed by atoms with Crippen LogP contribution in [0.1, 0.15) is 29.8 Å². The summed E-state index contributed by atoms with van der Waals surface area (Å²) in [5, 5.41) is 6.93. The minimum Gasteiger partial charge on any atom is -0.350 e. The number of amides is 1. The fourth-order valence-electron chi connectivity index (χ4n) is 1.95. The van der Waals surface area contributed by atoms with Crippen LogP contribution in [0, 0.1) is 13.8 Å². The van der Waals surface area contributed by atoms with E-state index in [1.807, 2.05) is 31.2 Å². The Morgan fingerprint density at radius 2 is 1.86 bits per heavy atom. The van der Waals surface area contributed by atoms with Gasteiger partial charge in [0, 0.05) is 12.6 Å². The van der Waals surface area contributed by atoms with Crippen LogP contribution in [0.3, 0.4) is 0 Å². The van der Waals surface area contributed by atoms with Crippen molar-refractivity contribution in [3.8, 4) is 0 Å². The summed E-state index contributed by atoms with van der Waals surface area (Å²) in [4.78, 5) is 23.9. The molecule has 0 aliphatic heterocycles. The first kappa shape index (κ1) is 15.0. The van der Waals surface area contributed by atoms with Crippen LogP contribution in [0.15, 0.2) is 41.2 Å². The quantitative estimate of drug-likeness (QED) is 0.930. The predicted molar refractivity (Wildman–Crippen MR) is 81.0 cm³/mol. The van der Waals surface area contributed by atoms with Crippen LogP contribution in [0.25, 0.3) is 0 Å². The van der Waals surface area contributed by atoms with Gasteiger partial charge in [-0.2, -0.15) is 5.10 Å². The standard InChI is InChI=1S/C16H19N3O2/c1-11-4-7-14(8-5-11)10-17-16(21)13(3)19-15(20)9-6-12(2)18-19/h4-9,13H,10H2,1-3H3,(H,17,21). The lowest BCUT2D eigenvalue weighted by Crippen LogP contribution is -2.36. The maximum absolute atomic E-state index is 12.1. The highest BCUT2D eigenvalue weighted by Gasteiger charge is 2.16. The van der Waals surface area contributed by atoms with Gasteiger partial charge in [-0.05, 0) is 32.4 Å². The fourth-order valence-corrected chi connectivity index (χ4v) is 1.95. The Morgan fingerprint density at radius 1 is 1.19 bits per heavy atom. The van der Waals surface area contributed by atoms with E-state index < -0.39 is 6.04 Å². The molecule has 1 unspecified atom stereocenters. The number of benzene rings is 1. The highest BCUT2D eigenvalue weighted by Crippen LogP contribution is 2.05. The molecule has 0 aliphatic carbocycles. The molecule has 1 amide bonds. The van der Waals surface area contributed by atoms with Crippen molar-refractivity contribution >= 4 is 5.91 Å². The van der Waals surface area contributed by atoms with Crippen LogP contribution < -0.4 is 10.9 Å². The molecule has 1 heterocycles. The lowest BCUT2D eigenvalue weighted by molar-refractivity contribution is -0.124. The number of hydrogen-bond acceptors (Lipinski definition) is 3. The van der Waals surface area contributed by atoms with E-state index in [0.29, 0.717) is 12.2 Å². The molecule has 0 radical (unpaired) electrons. The zero-order valence-corrected chi connectivity index (χ0v) is 12.5. The molecule has 21 heavy (non-hydrogen) atoms. The summed E-state index contributed by atoms with van der Waals surface area (Å²) in [6, 6.07) is 10.4. The molecule has 5 heteroatoms. The molecule has 1 atom stereocenters. The number of aromatic nitrogens is 2. The molecule has 1 aromatic carbocycles. The van der Waals surface area contributed by atoms with E-state index in [2.05, 4.69) is 10.4 Å². The van der Waals surface area contributed by atoms with Crippen LogP contribution in [0.4, 0.5) is 0 Å². The Bertz CT molecular complexity index is 689. The van der Waals surface area contributed by atoms with Crippen molar-refractivity contribution in [3.05, 3.63) is 63.6 Å². The third-order valence-corrected chi connectivity index (χ3v) is 3.29. The van der Waals surface area contributed by atoms with Gasteiger partial charge in [0.15, 0.2) is 0 Å². The molecule has 0 bridgehead atoms. The van der Waals surface area contributed by atoms with E-state index in [0.717, 1.165) is 5.56 Å². The normalized spacial score (nSPS) is 12.0. The summed E-state index contributed by atoms with van der Waals surface area (Å²) >= 11 is 0. The Hall–Kier alpha value is -2.43. The first-order valence-corrected chi connectivity index (χ1v) is 6.87. The number of carbonyl (C=O) groups excluding carboxylic acids is 1. The van der Waals surface area contributed by atoms with Gasteiger partial charge in [-0.25, -0.2) is 4.68 Å². The van der Waals surface area contributed by atoms with Gasteiger partial charge >= 0.3 is 0 Å². The van der Waals surface area contributed by atoms with E-state index in [-0.39, 0.29) is 11.5 Å². The molecular formula is C16H19N3O2. The van der Waals surface area contributed by atoms with E-state index in [4.69, 9.17) is 0 Å². The van der Waals surface area contributed by atoms with Crippen molar-refractivity contribution in [1.29, 1.82) is 0 Å². The fraction of sp³-hybridized carbons (Fsp3) is 0.312. The van der Waals surface area contributed by atoms with Crippen LogP contribution in [-0.4, -0.2) is 15.7 Å². The molecule has 2 aromatic rings. The van der Waals surface area contributed by atoms with Gasteiger partial charge in [-0.15, -0.1) is 0 Å². The van der Waals surface area contributed by atoms with Crippen LogP contribution in [0.2, 0.25) is 0 Å². The van der Waals surface area contributed by atoms with Crippen molar-refractivity contribution in [2.24, 2.45) is 0 Å². The number of nitrogens with one attached hydrogen (secondary N) is 1. The van der Waals surface area contributed by atoms with E-state index in [9.17, 15) is 9.59 Å². The largest absolute Gasteiger partial charge is 0.350 e. The van der Waals surface area contributed by atoms with Crippen LogP contribution >= 0.6 is 0 Å². The minimum absolute atomic E-state index is 0.226. The second kappa shape index (κ2) is 6.35. The van der Waals surface area contributed by atoms with Crippen LogP contribution in [-0.2, 0) is 11.3 Å².